The Kier molecular flexibility index (Phi) is 5.84. The molecule has 1 aromatic heterocycles. The Hall–Kier alpha value is -2.35. The van der Waals surface area contributed by atoms with E-state index in [1.807, 2.05) is 19.1 Å². The van der Waals surface area contributed by atoms with E-state index in [4.69, 9.17) is 11.6 Å². The van der Waals surface area contributed by atoms with E-state index in [0.29, 0.717) is 17.6 Å². The van der Waals surface area contributed by atoms with Gasteiger partial charge >= 0.3 is 0 Å². The normalized spacial score (nSPS) is 12.3. The fourth-order valence-corrected chi connectivity index (χ4v) is 3.87. The van der Waals surface area contributed by atoms with Gasteiger partial charge in [-0.05, 0) is 49.2 Å². The van der Waals surface area contributed by atoms with E-state index in [1.165, 1.54) is 23.5 Å². The summed E-state index contributed by atoms with van der Waals surface area (Å²) >= 11 is 1.49. The van der Waals surface area contributed by atoms with Crippen LogP contribution in [0, 0.1) is 12.7 Å². The summed E-state index contributed by atoms with van der Waals surface area (Å²) < 4.78 is 14.3. The third kappa shape index (κ3) is 4.16. The fraction of sp³-hybridized carbons (Fsp3) is 0.300. The van der Waals surface area contributed by atoms with Gasteiger partial charge in [-0.3, -0.25) is 4.79 Å². The zero-order chi connectivity index (χ0) is 19.6. The zero-order valence-electron chi connectivity index (χ0n) is 15.4. The highest BCUT2D eigenvalue weighted by Crippen LogP contribution is 2.32. The summed E-state index contributed by atoms with van der Waals surface area (Å²) in [5.41, 5.74) is 8.95. The second-order valence-corrected chi connectivity index (χ2v) is 7.62. The van der Waals surface area contributed by atoms with Crippen LogP contribution in [0.3, 0.4) is 0 Å². The number of anilines is 1. The molecule has 0 radical (unpaired) electrons. The Bertz CT molecular complexity index is 972. The number of aryl methyl sites for hydroxylation is 1. The molecule has 7 heteroatoms. The second-order valence-electron chi connectivity index (χ2n) is 6.59. The molecule has 0 aliphatic carbocycles. The number of hydrogen-bond acceptors (Lipinski definition) is 5. The quantitative estimate of drug-likeness (QED) is 0.379. The Balaban J connectivity index is 1.85. The first kappa shape index (κ1) is 19.4. The number of hydrazine groups is 1. The van der Waals surface area contributed by atoms with Crippen molar-refractivity contribution >= 4 is 33.1 Å². The second kappa shape index (κ2) is 8.12. The first-order valence-electron chi connectivity index (χ1n) is 8.92. The number of benzene rings is 2. The molecule has 1 unspecified atom stereocenters. The summed E-state index contributed by atoms with van der Waals surface area (Å²) in [7, 11) is 0. The summed E-state index contributed by atoms with van der Waals surface area (Å²) in [6.45, 7) is 3.94. The fourth-order valence-electron chi connectivity index (χ4n) is 2.93. The lowest BCUT2D eigenvalue weighted by Crippen LogP contribution is -2.48. The van der Waals surface area contributed by atoms with Crippen molar-refractivity contribution < 1.29 is 9.18 Å². The van der Waals surface area contributed by atoms with Crippen molar-refractivity contribution in [1.29, 1.82) is 0 Å². The van der Waals surface area contributed by atoms with Crippen molar-refractivity contribution in [2.45, 2.75) is 39.2 Å². The smallest absolute Gasteiger partial charge is 0.258 e. The molecule has 1 amide bonds. The third-order valence-electron chi connectivity index (χ3n) is 4.48. The van der Waals surface area contributed by atoms with Crippen molar-refractivity contribution in [3.63, 3.8) is 0 Å². The molecule has 142 valence electrons. The largest absolute Gasteiger partial charge is 0.320 e. The van der Waals surface area contributed by atoms with Crippen LogP contribution in [0.4, 0.5) is 10.1 Å². The summed E-state index contributed by atoms with van der Waals surface area (Å²) in [6, 6.07) is 9.56. The lowest BCUT2D eigenvalue weighted by molar-refractivity contribution is -0.120. The van der Waals surface area contributed by atoms with Gasteiger partial charge in [0.25, 0.3) is 5.91 Å². The van der Waals surface area contributed by atoms with Crippen molar-refractivity contribution in [3.05, 3.63) is 47.8 Å². The number of nitrogens with zero attached hydrogens (tertiary/aromatic N) is 2. The van der Waals surface area contributed by atoms with Crippen LogP contribution in [-0.2, 0) is 4.79 Å². The molecule has 0 aliphatic heterocycles. The summed E-state index contributed by atoms with van der Waals surface area (Å²) in [4.78, 5) is 16.9. The van der Waals surface area contributed by atoms with Crippen LogP contribution in [0.15, 0.2) is 36.4 Å². The zero-order valence-corrected chi connectivity index (χ0v) is 16.2. The van der Waals surface area contributed by atoms with Crippen LogP contribution in [0.25, 0.3) is 20.8 Å². The maximum absolute atomic E-state index is 13.4. The first-order valence-corrected chi connectivity index (χ1v) is 9.73. The van der Waals surface area contributed by atoms with Gasteiger partial charge in [0, 0.05) is 11.6 Å². The number of aromatic nitrogens is 1. The SMILES string of the molecule is CCCCC(N)C(=O)N(N)c1ccc(-c2nc3cc(F)ccc3s2)cc1C. The molecule has 3 rings (SSSR count). The van der Waals surface area contributed by atoms with Gasteiger partial charge in [0.05, 0.1) is 21.9 Å². The van der Waals surface area contributed by atoms with Gasteiger partial charge in [0.1, 0.15) is 10.8 Å². The van der Waals surface area contributed by atoms with Crippen molar-refractivity contribution in [2.24, 2.45) is 11.6 Å². The monoisotopic (exact) mass is 386 g/mol. The minimum absolute atomic E-state index is 0.297. The van der Waals surface area contributed by atoms with Crippen LogP contribution in [0.2, 0.25) is 0 Å². The average molecular weight is 386 g/mol. The Labute approximate surface area is 161 Å². The van der Waals surface area contributed by atoms with Crippen molar-refractivity contribution in [1.82, 2.24) is 4.98 Å². The van der Waals surface area contributed by atoms with Crippen LogP contribution in [0.1, 0.15) is 31.7 Å². The minimum atomic E-state index is -0.604. The van der Waals surface area contributed by atoms with Crippen LogP contribution >= 0.6 is 11.3 Å². The molecule has 0 aliphatic rings. The molecule has 0 fully saturated rings. The highest BCUT2D eigenvalue weighted by atomic mass is 32.1. The molecule has 4 N–H and O–H groups in total. The summed E-state index contributed by atoms with van der Waals surface area (Å²) in [5.74, 6) is 5.43. The number of carbonyl (C=O) groups is 1. The van der Waals surface area contributed by atoms with Crippen molar-refractivity contribution in [3.8, 4) is 10.6 Å². The lowest BCUT2D eigenvalue weighted by Gasteiger charge is -2.22. The van der Waals surface area contributed by atoms with E-state index in [0.717, 1.165) is 38.7 Å². The number of rotatable bonds is 6. The van der Waals surface area contributed by atoms with Gasteiger partial charge < -0.3 is 5.73 Å². The molecule has 3 aromatic rings. The van der Waals surface area contributed by atoms with E-state index < -0.39 is 6.04 Å². The molecule has 1 heterocycles. The van der Waals surface area contributed by atoms with E-state index in [2.05, 4.69) is 11.9 Å². The van der Waals surface area contributed by atoms with E-state index in [-0.39, 0.29) is 11.7 Å². The Morgan fingerprint density at radius 2 is 2.07 bits per heavy atom. The van der Waals surface area contributed by atoms with Crippen LogP contribution in [-0.4, -0.2) is 16.9 Å². The number of fused-ring (bicyclic) bond motifs is 1. The molecule has 0 saturated carbocycles. The van der Waals surface area contributed by atoms with E-state index in [9.17, 15) is 9.18 Å². The van der Waals surface area contributed by atoms with Crippen LogP contribution < -0.4 is 16.6 Å². The molecule has 0 saturated heterocycles. The minimum Gasteiger partial charge on any atom is -0.320 e. The topological polar surface area (TPSA) is 85.2 Å². The predicted molar refractivity (Wildman–Crippen MR) is 109 cm³/mol. The summed E-state index contributed by atoms with van der Waals surface area (Å²) in [5, 5.41) is 1.92. The van der Waals surface area contributed by atoms with Gasteiger partial charge in [-0.25, -0.2) is 20.2 Å². The Morgan fingerprint density at radius 3 is 2.78 bits per heavy atom. The third-order valence-corrected chi connectivity index (χ3v) is 5.56. The van der Waals surface area contributed by atoms with Gasteiger partial charge in [0.2, 0.25) is 0 Å². The standard InChI is InChI=1S/C20H23FN4OS/c1-3-4-5-15(22)20(26)25(23)17-8-6-13(10-12(17)2)19-24-16-11-14(21)7-9-18(16)27-19/h6-11,15H,3-5,22-23H2,1-2H3. The molecule has 5 nitrogen and oxygen atoms in total. The highest BCUT2D eigenvalue weighted by molar-refractivity contribution is 7.21. The lowest BCUT2D eigenvalue weighted by atomic mass is 10.1. The number of carbonyl (C=O) groups excluding carboxylic acids is 1. The van der Waals surface area contributed by atoms with E-state index in [1.54, 1.807) is 12.1 Å². The predicted octanol–water partition coefficient (Wildman–Crippen LogP) is 4.14. The maximum atomic E-state index is 13.4. The van der Waals surface area contributed by atoms with Crippen LogP contribution in [0.5, 0.6) is 0 Å². The number of nitrogens with two attached hydrogens (primary N) is 2. The maximum Gasteiger partial charge on any atom is 0.258 e. The molecular formula is C20H23FN4OS. The number of hydrogen-bond donors (Lipinski definition) is 2. The van der Waals surface area contributed by atoms with E-state index >= 15 is 0 Å². The molecule has 0 bridgehead atoms. The summed E-state index contributed by atoms with van der Waals surface area (Å²) in [6.07, 6.45) is 2.48. The number of unbranched alkanes of at least 4 members (excludes halogenated alkanes) is 1. The average Bonchev–Trinajstić information content (AvgIpc) is 3.08. The Morgan fingerprint density at radius 1 is 1.30 bits per heavy atom. The molecule has 2 aromatic carbocycles. The highest BCUT2D eigenvalue weighted by Gasteiger charge is 2.21. The molecule has 27 heavy (non-hydrogen) atoms. The van der Waals surface area contributed by atoms with Gasteiger partial charge in [-0.1, -0.05) is 19.8 Å². The van der Waals surface area contributed by atoms with Gasteiger partial charge in [-0.15, -0.1) is 11.3 Å². The number of amides is 1. The van der Waals surface area contributed by atoms with Gasteiger partial charge in [0.15, 0.2) is 0 Å². The molecular weight excluding hydrogens is 363 g/mol. The molecule has 0 spiro atoms. The number of halogens is 1. The van der Waals surface area contributed by atoms with Gasteiger partial charge in [-0.2, -0.15) is 0 Å². The molecule has 1 atom stereocenters. The number of thiazole rings is 1. The first-order chi connectivity index (χ1) is 12.9. The van der Waals surface area contributed by atoms with Crippen molar-refractivity contribution in [2.75, 3.05) is 5.01 Å².